The fraction of sp³-hybridized carbons (Fsp3) is 0.500. The molecule has 12 heavy (non-hydrogen) atoms. The van der Waals surface area contributed by atoms with E-state index in [0.717, 1.165) is 12.8 Å². The molecule has 1 heterocycles. The molecule has 2 nitrogen and oxygen atoms in total. The lowest BCUT2D eigenvalue weighted by Crippen LogP contribution is -2.32. The van der Waals surface area contributed by atoms with E-state index in [2.05, 4.69) is 18.8 Å². The first-order valence-corrected chi connectivity index (χ1v) is 4.36. The molecule has 2 N–H and O–H groups in total. The van der Waals surface area contributed by atoms with E-state index in [-0.39, 0.29) is 5.54 Å². The lowest BCUT2D eigenvalue weighted by atomic mass is 9.90. The standard InChI is InChI=1S/C10H16N2/c1-3-6-10(2,11)9-4-7-12-8-5-9/h4-5,7-8H,3,6,11H2,1-2H3. The first-order valence-electron chi connectivity index (χ1n) is 4.36. The van der Waals surface area contributed by atoms with Gasteiger partial charge in [-0.3, -0.25) is 4.98 Å². The van der Waals surface area contributed by atoms with Crippen LogP contribution in [0.25, 0.3) is 0 Å². The van der Waals surface area contributed by atoms with Crippen molar-refractivity contribution in [3.63, 3.8) is 0 Å². The van der Waals surface area contributed by atoms with Crippen molar-refractivity contribution < 1.29 is 0 Å². The van der Waals surface area contributed by atoms with Crippen LogP contribution < -0.4 is 5.73 Å². The quantitative estimate of drug-likeness (QED) is 0.742. The molecule has 0 aliphatic heterocycles. The number of rotatable bonds is 3. The highest BCUT2D eigenvalue weighted by molar-refractivity contribution is 5.19. The van der Waals surface area contributed by atoms with Gasteiger partial charge in [-0.2, -0.15) is 0 Å². The third-order valence-corrected chi connectivity index (χ3v) is 2.11. The molecule has 1 atom stereocenters. The lowest BCUT2D eigenvalue weighted by molar-refractivity contribution is 0.446. The summed E-state index contributed by atoms with van der Waals surface area (Å²) in [5, 5.41) is 0. The van der Waals surface area contributed by atoms with E-state index in [1.807, 2.05) is 12.1 Å². The first kappa shape index (κ1) is 9.20. The molecule has 1 rings (SSSR count). The summed E-state index contributed by atoms with van der Waals surface area (Å²) in [4.78, 5) is 3.96. The zero-order valence-corrected chi connectivity index (χ0v) is 7.75. The number of nitrogens with two attached hydrogens (primary N) is 1. The monoisotopic (exact) mass is 164 g/mol. The van der Waals surface area contributed by atoms with Gasteiger partial charge in [0.15, 0.2) is 0 Å². The highest BCUT2D eigenvalue weighted by Gasteiger charge is 2.18. The van der Waals surface area contributed by atoms with E-state index in [1.54, 1.807) is 12.4 Å². The van der Waals surface area contributed by atoms with Gasteiger partial charge in [-0.05, 0) is 31.0 Å². The van der Waals surface area contributed by atoms with Gasteiger partial charge < -0.3 is 5.73 Å². The summed E-state index contributed by atoms with van der Waals surface area (Å²) < 4.78 is 0. The Morgan fingerprint density at radius 1 is 1.42 bits per heavy atom. The summed E-state index contributed by atoms with van der Waals surface area (Å²) in [5.74, 6) is 0. The number of nitrogens with zero attached hydrogens (tertiary/aromatic N) is 1. The Labute approximate surface area is 73.8 Å². The van der Waals surface area contributed by atoms with Crippen LogP contribution in [0.5, 0.6) is 0 Å². The van der Waals surface area contributed by atoms with Gasteiger partial charge in [-0.25, -0.2) is 0 Å². The van der Waals surface area contributed by atoms with Gasteiger partial charge in [0.25, 0.3) is 0 Å². The summed E-state index contributed by atoms with van der Waals surface area (Å²) in [5.41, 5.74) is 7.09. The maximum Gasteiger partial charge on any atom is 0.0382 e. The molecule has 0 amide bonds. The zero-order chi connectivity index (χ0) is 9.03. The topological polar surface area (TPSA) is 38.9 Å². The first-order chi connectivity index (χ1) is 5.67. The van der Waals surface area contributed by atoms with E-state index in [9.17, 15) is 0 Å². The summed E-state index contributed by atoms with van der Waals surface area (Å²) >= 11 is 0. The summed E-state index contributed by atoms with van der Waals surface area (Å²) in [6.07, 6.45) is 5.69. The van der Waals surface area contributed by atoms with E-state index in [0.29, 0.717) is 0 Å². The van der Waals surface area contributed by atoms with Gasteiger partial charge in [0.2, 0.25) is 0 Å². The Kier molecular flexibility index (Phi) is 2.82. The van der Waals surface area contributed by atoms with Crippen LogP contribution >= 0.6 is 0 Å². The van der Waals surface area contributed by atoms with Crippen LogP contribution in [0, 0.1) is 0 Å². The van der Waals surface area contributed by atoms with Crippen LogP contribution in [0.3, 0.4) is 0 Å². The normalized spacial score (nSPS) is 15.6. The molecule has 0 aromatic carbocycles. The van der Waals surface area contributed by atoms with E-state index in [4.69, 9.17) is 5.73 Å². The minimum absolute atomic E-state index is 0.197. The average molecular weight is 164 g/mol. The number of hydrogen-bond acceptors (Lipinski definition) is 2. The molecule has 0 spiro atoms. The Morgan fingerprint density at radius 2 is 2.00 bits per heavy atom. The molecule has 1 aromatic rings. The third kappa shape index (κ3) is 2.05. The van der Waals surface area contributed by atoms with Crippen LogP contribution in [-0.4, -0.2) is 4.98 Å². The summed E-state index contributed by atoms with van der Waals surface area (Å²) in [6.45, 7) is 4.21. The number of aromatic nitrogens is 1. The van der Waals surface area contributed by atoms with Crippen molar-refractivity contribution >= 4 is 0 Å². The van der Waals surface area contributed by atoms with Gasteiger partial charge in [0.05, 0.1) is 0 Å². The van der Waals surface area contributed by atoms with Gasteiger partial charge in [-0.1, -0.05) is 13.3 Å². The predicted octanol–water partition coefficient (Wildman–Crippen LogP) is 2.06. The molecule has 0 radical (unpaired) electrons. The molecular formula is C10H16N2. The fourth-order valence-corrected chi connectivity index (χ4v) is 1.40. The predicted molar refractivity (Wildman–Crippen MR) is 50.7 cm³/mol. The maximum absolute atomic E-state index is 6.12. The van der Waals surface area contributed by atoms with E-state index < -0.39 is 0 Å². The lowest BCUT2D eigenvalue weighted by Gasteiger charge is -2.24. The van der Waals surface area contributed by atoms with Crippen molar-refractivity contribution in [2.45, 2.75) is 32.2 Å². The molecule has 0 aliphatic carbocycles. The molecule has 0 aliphatic rings. The molecule has 0 saturated heterocycles. The van der Waals surface area contributed by atoms with Gasteiger partial charge >= 0.3 is 0 Å². The smallest absolute Gasteiger partial charge is 0.0382 e. The number of pyridine rings is 1. The van der Waals surface area contributed by atoms with Crippen molar-refractivity contribution in [1.82, 2.24) is 4.98 Å². The third-order valence-electron chi connectivity index (χ3n) is 2.11. The summed E-state index contributed by atoms with van der Waals surface area (Å²) in [7, 11) is 0. The Bertz CT molecular complexity index is 229. The zero-order valence-electron chi connectivity index (χ0n) is 7.75. The van der Waals surface area contributed by atoms with Crippen LogP contribution in [0.15, 0.2) is 24.5 Å². The van der Waals surface area contributed by atoms with Crippen molar-refractivity contribution in [1.29, 1.82) is 0 Å². The largest absolute Gasteiger partial charge is 0.322 e. The Balaban J connectivity index is 2.82. The van der Waals surface area contributed by atoms with E-state index in [1.165, 1.54) is 5.56 Å². The van der Waals surface area contributed by atoms with Crippen molar-refractivity contribution in [2.24, 2.45) is 5.73 Å². The van der Waals surface area contributed by atoms with Crippen LogP contribution in [-0.2, 0) is 5.54 Å². The minimum atomic E-state index is -0.197. The fourth-order valence-electron chi connectivity index (χ4n) is 1.40. The molecule has 1 aromatic heterocycles. The summed E-state index contributed by atoms with van der Waals surface area (Å²) in [6, 6.07) is 3.96. The Morgan fingerprint density at radius 3 is 2.50 bits per heavy atom. The van der Waals surface area contributed by atoms with Crippen molar-refractivity contribution in [3.8, 4) is 0 Å². The Hall–Kier alpha value is -0.890. The van der Waals surface area contributed by atoms with Gasteiger partial charge in [-0.15, -0.1) is 0 Å². The molecule has 0 bridgehead atoms. The van der Waals surface area contributed by atoms with Crippen LogP contribution in [0.4, 0.5) is 0 Å². The molecule has 0 fully saturated rings. The molecule has 1 unspecified atom stereocenters. The molecular weight excluding hydrogens is 148 g/mol. The van der Waals surface area contributed by atoms with Gasteiger partial charge in [0.1, 0.15) is 0 Å². The van der Waals surface area contributed by atoms with Crippen LogP contribution in [0.2, 0.25) is 0 Å². The highest BCUT2D eigenvalue weighted by Crippen LogP contribution is 2.21. The van der Waals surface area contributed by atoms with Crippen LogP contribution in [0.1, 0.15) is 32.3 Å². The van der Waals surface area contributed by atoms with Gasteiger partial charge in [0, 0.05) is 17.9 Å². The molecule has 2 heteroatoms. The maximum atomic E-state index is 6.12. The van der Waals surface area contributed by atoms with Crippen molar-refractivity contribution in [3.05, 3.63) is 30.1 Å². The second kappa shape index (κ2) is 3.68. The second-order valence-corrected chi connectivity index (χ2v) is 3.40. The average Bonchev–Trinajstić information content (AvgIpc) is 2.06. The molecule has 66 valence electrons. The minimum Gasteiger partial charge on any atom is -0.322 e. The van der Waals surface area contributed by atoms with E-state index >= 15 is 0 Å². The highest BCUT2D eigenvalue weighted by atomic mass is 14.7. The second-order valence-electron chi connectivity index (χ2n) is 3.40. The number of hydrogen-bond donors (Lipinski definition) is 1. The SMILES string of the molecule is CCCC(C)(N)c1ccncc1. The van der Waals surface area contributed by atoms with Crippen molar-refractivity contribution in [2.75, 3.05) is 0 Å². The molecule has 0 saturated carbocycles.